The zero-order chi connectivity index (χ0) is 17.7. The van der Waals surface area contributed by atoms with Crippen molar-refractivity contribution in [3.05, 3.63) is 42.0 Å². The van der Waals surface area contributed by atoms with Crippen LogP contribution in [0.25, 0.3) is 0 Å². The predicted molar refractivity (Wildman–Crippen MR) is 88.8 cm³/mol. The van der Waals surface area contributed by atoms with Crippen LogP contribution in [0.15, 0.2) is 35.5 Å². The fraction of sp³-hybridized carbons (Fsp3) is 0.400. The summed E-state index contributed by atoms with van der Waals surface area (Å²) in [5.41, 5.74) is 0.374. The minimum Gasteiger partial charge on any atom is -0.342 e. The first-order chi connectivity index (χ1) is 11.3. The third-order valence-electron chi connectivity index (χ3n) is 3.45. The number of amides is 1. The molecule has 1 heterocycles. The molecule has 0 fully saturated rings. The Morgan fingerprint density at radius 3 is 2.50 bits per heavy atom. The van der Waals surface area contributed by atoms with Gasteiger partial charge in [-0.25, -0.2) is 18.1 Å². The van der Waals surface area contributed by atoms with Crippen LogP contribution in [0.3, 0.4) is 0 Å². The fourth-order valence-electron chi connectivity index (χ4n) is 2.15. The first-order valence-corrected chi connectivity index (χ1v) is 9.08. The molecule has 2 N–H and O–H groups in total. The van der Waals surface area contributed by atoms with Gasteiger partial charge in [0.15, 0.2) is 0 Å². The number of nitrogens with zero attached hydrogens (tertiary/aromatic N) is 3. The maximum Gasteiger partial charge on any atom is 0.251 e. The van der Waals surface area contributed by atoms with Gasteiger partial charge >= 0.3 is 0 Å². The summed E-state index contributed by atoms with van der Waals surface area (Å²) in [6.07, 6.45) is 2.13. The van der Waals surface area contributed by atoms with Crippen molar-refractivity contribution < 1.29 is 13.2 Å². The van der Waals surface area contributed by atoms with Gasteiger partial charge in [-0.3, -0.25) is 9.48 Å². The van der Waals surface area contributed by atoms with E-state index in [2.05, 4.69) is 20.1 Å². The lowest BCUT2D eigenvalue weighted by Crippen LogP contribution is -2.28. The molecular weight excluding hydrogens is 330 g/mol. The first-order valence-electron chi connectivity index (χ1n) is 7.59. The van der Waals surface area contributed by atoms with E-state index in [1.165, 1.54) is 30.6 Å². The van der Waals surface area contributed by atoms with Gasteiger partial charge in [-0.2, -0.15) is 5.10 Å². The second kappa shape index (κ2) is 7.54. The molecule has 8 nitrogen and oxygen atoms in total. The number of rotatable bonds is 7. The zero-order valence-electron chi connectivity index (χ0n) is 13.9. The highest BCUT2D eigenvalue weighted by atomic mass is 32.2. The zero-order valence-corrected chi connectivity index (χ0v) is 14.7. The predicted octanol–water partition coefficient (Wildman–Crippen LogP) is 0.994. The van der Waals surface area contributed by atoms with Crippen molar-refractivity contribution in [2.75, 3.05) is 6.54 Å². The highest BCUT2D eigenvalue weighted by molar-refractivity contribution is 7.89. The normalized spacial score (nSPS) is 12.8. The SMILES string of the molecule is CCCNS(=O)(=O)c1ccc(C(=O)N[C@@H](C)c2ncnn2C)cc1. The molecule has 2 rings (SSSR count). The molecule has 0 unspecified atom stereocenters. The maximum absolute atomic E-state index is 12.3. The largest absolute Gasteiger partial charge is 0.342 e. The number of hydrogen-bond acceptors (Lipinski definition) is 5. The molecule has 1 aromatic heterocycles. The van der Waals surface area contributed by atoms with Gasteiger partial charge in [-0.1, -0.05) is 6.92 Å². The minimum absolute atomic E-state index is 0.133. The van der Waals surface area contributed by atoms with E-state index in [1.54, 1.807) is 18.7 Å². The van der Waals surface area contributed by atoms with Gasteiger partial charge < -0.3 is 5.32 Å². The maximum atomic E-state index is 12.3. The molecule has 0 spiro atoms. The molecule has 9 heteroatoms. The quantitative estimate of drug-likeness (QED) is 0.774. The number of carbonyl (C=O) groups excluding carboxylic acids is 1. The van der Waals surface area contributed by atoms with Crippen LogP contribution in [0, 0.1) is 0 Å². The second-order valence-corrected chi connectivity index (χ2v) is 7.13. The molecule has 1 amide bonds. The lowest BCUT2D eigenvalue weighted by molar-refractivity contribution is 0.0937. The number of sulfonamides is 1. The Labute approximate surface area is 141 Å². The van der Waals surface area contributed by atoms with E-state index in [-0.39, 0.29) is 16.8 Å². The molecule has 1 atom stereocenters. The number of nitrogens with one attached hydrogen (secondary N) is 2. The second-order valence-electron chi connectivity index (χ2n) is 5.36. The number of benzene rings is 1. The summed E-state index contributed by atoms with van der Waals surface area (Å²) in [4.78, 5) is 16.5. The topological polar surface area (TPSA) is 106 Å². The Balaban J connectivity index is 2.07. The van der Waals surface area contributed by atoms with Crippen molar-refractivity contribution in [3.8, 4) is 0 Å². The van der Waals surface area contributed by atoms with Gasteiger partial charge in [0, 0.05) is 19.2 Å². The van der Waals surface area contributed by atoms with E-state index in [1.807, 2.05) is 6.92 Å². The van der Waals surface area contributed by atoms with Crippen LogP contribution < -0.4 is 10.0 Å². The third-order valence-corrected chi connectivity index (χ3v) is 4.93. The van der Waals surface area contributed by atoms with E-state index >= 15 is 0 Å². The lowest BCUT2D eigenvalue weighted by Gasteiger charge is -2.13. The van der Waals surface area contributed by atoms with Gasteiger partial charge in [-0.15, -0.1) is 0 Å². The average Bonchev–Trinajstić information content (AvgIpc) is 2.99. The highest BCUT2D eigenvalue weighted by Gasteiger charge is 2.17. The Kier molecular flexibility index (Phi) is 5.68. The monoisotopic (exact) mass is 351 g/mol. The van der Waals surface area contributed by atoms with E-state index in [0.29, 0.717) is 24.4 Å². The first kappa shape index (κ1) is 18.1. The van der Waals surface area contributed by atoms with Crippen molar-refractivity contribution >= 4 is 15.9 Å². The van der Waals surface area contributed by atoms with E-state index in [9.17, 15) is 13.2 Å². The number of aromatic nitrogens is 3. The number of aryl methyl sites for hydroxylation is 1. The molecule has 0 saturated carbocycles. The summed E-state index contributed by atoms with van der Waals surface area (Å²) in [5.74, 6) is 0.322. The standard InChI is InChI=1S/C15H21N5O3S/c1-4-9-18-24(22,23)13-7-5-12(6-8-13)15(21)19-11(2)14-16-10-17-20(14)3/h5-8,10-11,18H,4,9H2,1-3H3,(H,19,21)/t11-/m0/s1. The summed E-state index contributed by atoms with van der Waals surface area (Å²) in [6, 6.07) is 5.48. The third kappa shape index (κ3) is 4.18. The van der Waals surface area contributed by atoms with Crippen LogP contribution in [-0.4, -0.2) is 35.6 Å². The van der Waals surface area contributed by atoms with Crippen LogP contribution >= 0.6 is 0 Å². The average molecular weight is 351 g/mol. The molecule has 0 aliphatic heterocycles. The van der Waals surface area contributed by atoms with E-state index in [4.69, 9.17) is 0 Å². The minimum atomic E-state index is -3.53. The Bertz CT molecular complexity index is 799. The molecular formula is C15H21N5O3S. The van der Waals surface area contributed by atoms with Crippen molar-refractivity contribution in [2.24, 2.45) is 7.05 Å². The summed E-state index contributed by atoms with van der Waals surface area (Å²) in [6.45, 7) is 4.06. The summed E-state index contributed by atoms with van der Waals surface area (Å²) >= 11 is 0. The molecule has 2 aromatic rings. The molecule has 24 heavy (non-hydrogen) atoms. The summed E-state index contributed by atoms with van der Waals surface area (Å²) in [7, 11) is -1.79. The molecule has 130 valence electrons. The molecule has 1 aromatic carbocycles. The van der Waals surface area contributed by atoms with Crippen LogP contribution in [-0.2, 0) is 17.1 Å². The molecule has 0 aliphatic carbocycles. The van der Waals surface area contributed by atoms with Gasteiger partial charge in [0.25, 0.3) is 5.91 Å². The van der Waals surface area contributed by atoms with Gasteiger partial charge in [0.1, 0.15) is 12.2 Å². The van der Waals surface area contributed by atoms with Crippen molar-refractivity contribution in [1.29, 1.82) is 0 Å². The van der Waals surface area contributed by atoms with Crippen LogP contribution in [0.4, 0.5) is 0 Å². The lowest BCUT2D eigenvalue weighted by atomic mass is 10.2. The summed E-state index contributed by atoms with van der Waals surface area (Å²) < 4.78 is 28.1. The molecule has 0 saturated heterocycles. The molecule has 0 aliphatic rings. The van der Waals surface area contributed by atoms with Gasteiger partial charge in [-0.05, 0) is 37.6 Å². The Morgan fingerprint density at radius 1 is 1.29 bits per heavy atom. The van der Waals surface area contributed by atoms with Crippen LogP contribution in [0.2, 0.25) is 0 Å². The van der Waals surface area contributed by atoms with E-state index in [0.717, 1.165) is 0 Å². The Morgan fingerprint density at radius 2 is 1.96 bits per heavy atom. The number of hydrogen-bond donors (Lipinski definition) is 2. The Hall–Kier alpha value is -2.26. The van der Waals surface area contributed by atoms with Gasteiger partial charge in [0.05, 0.1) is 10.9 Å². The molecule has 0 radical (unpaired) electrons. The van der Waals surface area contributed by atoms with Gasteiger partial charge in [0.2, 0.25) is 10.0 Å². The van der Waals surface area contributed by atoms with Crippen LogP contribution in [0.5, 0.6) is 0 Å². The number of carbonyl (C=O) groups is 1. The highest BCUT2D eigenvalue weighted by Crippen LogP contribution is 2.13. The smallest absolute Gasteiger partial charge is 0.251 e. The fourth-order valence-corrected chi connectivity index (χ4v) is 3.28. The molecule has 0 bridgehead atoms. The van der Waals surface area contributed by atoms with E-state index < -0.39 is 10.0 Å². The van der Waals surface area contributed by atoms with Crippen molar-refractivity contribution in [1.82, 2.24) is 24.8 Å². The van der Waals surface area contributed by atoms with Crippen molar-refractivity contribution in [2.45, 2.75) is 31.2 Å². The van der Waals surface area contributed by atoms with Crippen LogP contribution in [0.1, 0.15) is 42.5 Å². The van der Waals surface area contributed by atoms with Crippen molar-refractivity contribution in [3.63, 3.8) is 0 Å². The summed E-state index contributed by atoms with van der Waals surface area (Å²) in [5, 5.41) is 6.77.